The van der Waals surface area contributed by atoms with Gasteiger partial charge in [0, 0.05) is 5.69 Å². The van der Waals surface area contributed by atoms with Crippen LogP contribution in [0.4, 0.5) is 18.9 Å². The van der Waals surface area contributed by atoms with Crippen LogP contribution in [0, 0.1) is 0 Å². The van der Waals surface area contributed by atoms with Gasteiger partial charge in [-0.3, -0.25) is 4.79 Å². The largest absolute Gasteiger partial charge is 0.481 e. The van der Waals surface area contributed by atoms with Gasteiger partial charge < -0.3 is 10.1 Å². The van der Waals surface area contributed by atoms with Crippen molar-refractivity contribution < 1.29 is 22.7 Å². The molecule has 6 heteroatoms. The van der Waals surface area contributed by atoms with Crippen LogP contribution in [0.3, 0.4) is 0 Å². The molecule has 2 aromatic carbocycles. The molecule has 0 aromatic heterocycles. The Kier molecular flexibility index (Phi) is 5.26. The summed E-state index contributed by atoms with van der Waals surface area (Å²) in [5.74, 6) is 0.151. The van der Waals surface area contributed by atoms with Crippen molar-refractivity contribution in [3.8, 4) is 5.75 Å². The van der Waals surface area contributed by atoms with Gasteiger partial charge in [-0.1, -0.05) is 25.1 Å². The fourth-order valence-corrected chi connectivity index (χ4v) is 1.95. The number of alkyl halides is 3. The average Bonchev–Trinajstić information content (AvgIpc) is 2.53. The minimum absolute atomic E-state index is 0.290. The van der Waals surface area contributed by atoms with Gasteiger partial charge >= 0.3 is 6.18 Å². The molecule has 0 aliphatic heterocycles. The minimum Gasteiger partial charge on any atom is -0.481 e. The Bertz CT molecular complexity index is 639. The van der Waals surface area contributed by atoms with E-state index in [0.717, 1.165) is 12.1 Å². The molecule has 122 valence electrons. The minimum atomic E-state index is -4.40. The highest BCUT2D eigenvalue weighted by Gasteiger charge is 2.30. The first-order chi connectivity index (χ1) is 10.9. The number of rotatable bonds is 5. The van der Waals surface area contributed by atoms with Gasteiger partial charge in [-0.15, -0.1) is 0 Å². The summed E-state index contributed by atoms with van der Waals surface area (Å²) in [7, 11) is 0. The fraction of sp³-hybridized carbons (Fsp3) is 0.235. The molecule has 0 bridgehead atoms. The van der Waals surface area contributed by atoms with Crippen LogP contribution in [0.15, 0.2) is 54.6 Å². The molecule has 1 amide bonds. The van der Waals surface area contributed by atoms with E-state index in [4.69, 9.17) is 4.74 Å². The first kappa shape index (κ1) is 16.9. The summed E-state index contributed by atoms with van der Waals surface area (Å²) in [5, 5.41) is 2.56. The highest BCUT2D eigenvalue weighted by atomic mass is 19.4. The maximum Gasteiger partial charge on any atom is 0.416 e. The molecular weight excluding hydrogens is 307 g/mol. The third-order valence-electron chi connectivity index (χ3n) is 3.16. The third-order valence-corrected chi connectivity index (χ3v) is 3.16. The number of para-hydroxylation sites is 1. The van der Waals surface area contributed by atoms with E-state index in [2.05, 4.69) is 5.32 Å². The van der Waals surface area contributed by atoms with Crippen molar-refractivity contribution in [3.05, 3.63) is 60.2 Å². The first-order valence-electron chi connectivity index (χ1n) is 7.10. The van der Waals surface area contributed by atoms with E-state index < -0.39 is 23.8 Å². The van der Waals surface area contributed by atoms with Crippen molar-refractivity contribution >= 4 is 11.6 Å². The van der Waals surface area contributed by atoms with Crippen molar-refractivity contribution in [3.63, 3.8) is 0 Å². The molecule has 1 unspecified atom stereocenters. The predicted molar refractivity (Wildman–Crippen MR) is 81.2 cm³/mol. The van der Waals surface area contributed by atoms with Crippen LogP contribution in [0.25, 0.3) is 0 Å². The van der Waals surface area contributed by atoms with Crippen LogP contribution >= 0.6 is 0 Å². The fourth-order valence-electron chi connectivity index (χ4n) is 1.95. The lowest BCUT2D eigenvalue weighted by molar-refractivity contribution is -0.137. The summed E-state index contributed by atoms with van der Waals surface area (Å²) in [5.41, 5.74) is -0.471. The van der Waals surface area contributed by atoms with Crippen LogP contribution in [0.2, 0.25) is 0 Å². The number of carbonyl (C=O) groups is 1. The lowest BCUT2D eigenvalue weighted by Crippen LogP contribution is -2.32. The second-order valence-electron chi connectivity index (χ2n) is 4.89. The second-order valence-corrected chi connectivity index (χ2v) is 4.89. The van der Waals surface area contributed by atoms with E-state index in [0.29, 0.717) is 12.2 Å². The molecule has 0 aliphatic rings. The smallest absolute Gasteiger partial charge is 0.416 e. The summed E-state index contributed by atoms with van der Waals surface area (Å²) in [6, 6.07) is 13.2. The maximum atomic E-state index is 12.5. The van der Waals surface area contributed by atoms with Gasteiger partial charge in [0.1, 0.15) is 5.75 Å². The van der Waals surface area contributed by atoms with Crippen molar-refractivity contribution in [2.75, 3.05) is 5.32 Å². The molecule has 23 heavy (non-hydrogen) atoms. The van der Waals surface area contributed by atoms with E-state index in [1.54, 1.807) is 31.2 Å². The molecule has 2 rings (SSSR count). The van der Waals surface area contributed by atoms with Crippen LogP contribution in [0.5, 0.6) is 5.75 Å². The highest BCUT2D eigenvalue weighted by molar-refractivity contribution is 5.94. The van der Waals surface area contributed by atoms with E-state index in [-0.39, 0.29) is 5.69 Å². The summed E-state index contributed by atoms with van der Waals surface area (Å²) >= 11 is 0. The van der Waals surface area contributed by atoms with Crippen LogP contribution in [-0.4, -0.2) is 12.0 Å². The molecule has 1 atom stereocenters. The van der Waals surface area contributed by atoms with Crippen LogP contribution in [-0.2, 0) is 11.0 Å². The molecule has 1 N–H and O–H groups in total. The molecule has 0 saturated carbocycles. The Labute approximate surface area is 132 Å². The maximum absolute atomic E-state index is 12.5. The molecule has 0 spiro atoms. The Hall–Kier alpha value is -2.50. The monoisotopic (exact) mass is 323 g/mol. The SMILES string of the molecule is CCC(Oc1ccccc1)C(=O)Nc1ccc(C(F)(F)F)cc1. The second kappa shape index (κ2) is 7.17. The number of halogens is 3. The number of benzene rings is 2. The van der Waals surface area contributed by atoms with Gasteiger partial charge in [0.15, 0.2) is 6.10 Å². The van der Waals surface area contributed by atoms with Gasteiger partial charge in [0.2, 0.25) is 0 Å². The van der Waals surface area contributed by atoms with Crippen LogP contribution in [0.1, 0.15) is 18.9 Å². The topological polar surface area (TPSA) is 38.3 Å². The average molecular weight is 323 g/mol. The number of nitrogens with one attached hydrogen (secondary N) is 1. The summed E-state index contributed by atoms with van der Waals surface area (Å²) < 4.78 is 43.1. The van der Waals surface area contributed by atoms with E-state index in [1.807, 2.05) is 6.07 Å². The quantitative estimate of drug-likeness (QED) is 0.880. The molecule has 0 aliphatic carbocycles. The van der Waals surface area contributed by atoms with Gasteiger partial charge in [0.25, 0.3) is 5.91 Å². The molecule has 0 saturated heterocycles. The lowest BCUT2D eigenvalue weighted by atomic mass is 10.2. The predicted octanol–water partition coefficient (Wildman–Crippen LogP) is 4.50. The van der Waals surface area contributed by atoms with Gasteiger partial charge in [-0.05, 0) is 42.8 Å². The molecular formula is C17H16F3NO2. The Morgan fingerprint density at radius 3 is 2.22 bits per heavy atom. The number of carbonyl (C=O) groups excluding carboxylic acids is 1. The number of ether oxygens (including phenoxy) is 1. The van der Waals surface area contributed by atoms with Crippen molar-refractivity contribution in [1.82, 2.24) is 0 Å². The Morgan fingerprint density at radius 2 is 1.70 bits per heavy atom. The summed E-state index contributed by atoms with van der Waals surface area (Å²) in [6.07, 6.45) is -4.69. The van der Waals surface area contributed by atoms with Crippen molar-refractivity contribution in [2.45, 2.75) is 25.6 Å². The molecule has 0 fully saturated rings. The third kappa shape index (κ3) is 4.74. The first-order valence-corrected chi connectivity index (χ1v) is 7.10. The zero-order chi connectivity index (χ0) is 16.9. The number of hydrogen-bond donors (Lipinski definition) is 1. The lowest BCUT2D eigenvalue weighted by Gasteiger charge is -2.17. The molecule has 0 radical (unpaired) electrons. The molecule has 3 nitrogen and oxygen atoms in total. The summed E-state index contributed by atoms with van der Waals surface area (Å²) in [4.78, 5) is 12.2. The number of hydrogen-bond acceptors (Lipinski definition) is 2. The van der Waals surface area contributed by atoms with Crippen molar-refractivity contribution in [1.29, 1.82) is 0 Å². The summed E-state index contributed by atoms with van der Waals surface area (Å²) in [6.45, 7) is 1.79. The van der Waals surface area contributed by atoms with Crippen LogP contribution < -0.4 is 10.1 Å². The van der Waals surface area contributed by atoms with Gasteiger partial charge in [0.05, 0.1) is 5.56 Å². The standard InChI is InChI=1S/C17H16F3NO2/c1-2-15(23-14-6-4-3-5-7-14)16(22)21-13-10-8-12(9-11-13)17(18,19)20/h3-11,15H,2H2,1H3,(H,21,22). The Morgan fingerprint density at radius 1 is 1.09 bits per heavy atom. The number of anilines is 1. The van der Waals surface area contributed by atoms with E-state index in [1.165, 1.54) is 12.1 Å². The van der Waals surface area contributed by atoms with E-state index >= 15 is 0 Å². The van der Waals surface area contributed by atoms with Crippen molar-refractivity contribution in [2.24, 2.45) is 0 Å². The highest BCUT2D eigenvalue weighted by Crippen LogP contribution is 2.29. The number of amides is 1. The Balaban J connectivity index is 2.02. The zero-order valence-corrected chi connectivity index (χ0v) is 12.4. The van der Waals surface area contributed by atoms with Gasteiger partial charge in [-0.2, -0.15) is 13.2 Å². The van der Waals surface area contributed by atoms with Gasteiger partial charge in [-0.25, -0.2) is 0 Å². The molecule has 2 aromatic rings. The normalized spacial score (nSPS) is 12.5. The zero-order valence-electron chi connectivity index (χ0n) is 12.4. The van der Waals surface area contributed by atoms with E-state index in [9.17, 15) is 18.0 Å². The molecule has 0 heterocycles.